The van der Waals surface area contributed by atoms with E-state index in [1.54, 1.807) is 30.5 Å². The highest BCUT2D eigenvalue weighted by molar-refractivity contribution is 9.10. The number of nitrogens with zero attached hydrogens (tertiary/aromatic N) is 1. The second kappa shape index (κ2) is 5.46. The van der Waals surface area contributed by atoms with Crippen molar-refractivity contribution in [3.8, 4) is 11.5 Å². The Hall–Kier alpha value is -2.14. The Morgan fingerprint density at radius 1 is 1.25 bits per heavy atom. The minimum absolute atomic E-state index is 0.143. The standard InChI is InChI=1S/C15H10BrNO3/c16-11-8-15-14(19-9-20-15)7-10(11)4-5-13(18)12-3-1-2-6-17-12/h1-8H,9H2/b5-4+. The summed E-state index contributed by atoms with van der Waals surface area (Å²) >= 11 is 3.44. The van der Waals surface area contributed by atoms with Gasteiger partial charge in [0, 0.05) is 10.7 Å². The molecule has 0 bridgehead atoms. The number of hydrogen-bond acceptors (Lipinski definition) is 4. The van der Waals surface area contributed by atoms with Crippen LogP contribution in [0.1, 0.15) is 16.1 Å². The van der Waals surface area contributed by atoms with Gasteiger partial charge in [-0.15, -0.1) is 0 Å². The molecule has 100 valence electrons. The van der Waals surface area contributed by atoms with E-state index in [0.29, 0.717) is 17.2 Å². The van der Waals surface area contributed by atoms with Crippen LogP contribution in [0.2, 0.25) is 0 Å². The molecular weight excluding hydrogens is 322 g/mol. The van der Waals surface area contributed by atoms with Gasteiger partial charge in [0.15, 0.2) is 11.5 Å². The average molecular weight is 332 g/mol. The molecule has 20 heavy (non-hydrogen) atoms. The van der Waals surface area contributed by atoms with Crippen molar-refractivity contribution in [1.29, 1.82) is 0 Å². The van der Waals surface area contributed by atoms with Gasteiger partial charge in [-0.2, -0.15) is 0 Å². The first-order valence-electron chi connectivity index (χ1n) is 5.96. The molecule has 0 N–H and O–H groups in total. The second-order valence-corrected chi connectivity index (χ2v) is 4.99. The third-order valence-electron chi connectivity index (χ3n) is 2.82. The van der Waals surface area contributed by atoms with Gasteiger partial charge in [0.25, 0.3) is 0 Å². The fourth-order valence-electron chi connectivity index (χ4n) is 1.82. The molecule has 2 aromatic rings. The van der Waals surface area contributed by atoms with Gasteiger partial charge in [-0.05, 0) is 42.0 Å². The number of benzene rings is 1. The third-order valence-corrected chi connectivity index (χ3v) is 3.51. The van der Waals surface area contributed by atoms with Gasteiger partial charge in [0.2, 0.25) is 12.6 Å². The van der Waals surface area contributed by atoms with Gasteiger partial charge < -0.3 is 9.47 Å². The molecule has 1 aromatic carbocycles. The highest BCUT2D eigenvalue weighted by Gasteiger charge is 2.15. The van der Waals surface area contributed by atoms with Gasteiger partial charge in [-0.25, -0.2) is 0 Å². The maximum absolute atomic E-state index is 11.9. The molecule has 0 fully saturated rings. The van der Waals surface area contributed by atoms with E-state index in [2.05, 4.69) is 20.9 Å². The number of carbonyl (C=O) groups is 1. The van der Waals surface area contributed by atoms with Crippen molar-refractivity contribution in [2.24, 2.45) is 0 Å². The molecule has 3 rings (SSSR count). The molecule has 0 unspecified atom stereocenters. The van der Waals surface area contributed by atoms with Crippen LogP contribution in [0.3, 0.4) is 0 Å². The molecule has 0 saturated carbocycles. The maximum Gasteiger partial charge on any atom is 0.231 e. The zero-order chi connectivity index (χ0) is 13.9. The van der Waals surface area contributed by atoms with E-state index < -0.39 is 0 Å². The summed E-state index contributed by atoms with van der Waals surface area (Å²) in [4.78, 5) is 16.0. The SMILES string of the molecule is O=C(/C=C/c1cc2c(cc1Br)OCO2)c1ccccn1. The first kappa shape index (κ1) is 12.9. The number of halogens is 1. The summed E-state index contributed by atoms with van der Waals surface area (Å²) < 4.78 is 11.4. The van der Waals surface area contributed by atoms with Gasteiger partial charge >= 0.3 is 0 Å². The zero-order valence-electron chi connectivity index (χ0n) is 10.4. The Kier molecular flexibility index (Phi) is 3.52. The van der Waals surface area contributed by atoms with Gasteiger partial charge in [-0.1, -0.05) is 22.0 Å². The van der Waals surface area contributed by atoms with E-state index in [9.17, 15) is 4.79 Å². The van der Waals surface area contributed by atoms with Crippen LogP contribution in [0.4, 0.5) is 0 Å². The largest absolute Gasteiger partial charge is 0.454 e. The molecule has 4 nitrogen and oxygen atoms in total. The van der Waals surface area contributed by atoms with Crippen LogP contribution < -0.4 is 9.47 Å². The Bertz CT molecular complexity index is 683. The van der Waals surface area contributed by atoms with Crippen LogP contribution in [0.25, 0.3) is 6.08 Å². The lowest BCUT2D eigenvalue weighted by atomic mass is 10.1. The van der Waals surface area contributed by atoms with E-state index in [4.69, 9.17) is 9.47 Å². The quantitative estimate of drug-likeness (QED) is 0.638. The van der Waals surface area contributed by atoms with Crippen LogP contribution in [0.15, 0.2) is 47.1 Å². The second-order valence-electron chi connectivity index (χ2n) is 4.14. The molecule has 0 aliphatic carbocycles. The van der Waals surface area contributed by atoms with Crippen molar-refractivity contribution < 1.29 is 14.3 Å². The summed E-state index contributed by atoms with van der Waals surface area (Å²) in [6.45, 7) is 0.224. The number of pyridine rings is 1. The minimum Gasteiger partial charge on any atom is -0.454 e. The van der Waals surface area contributed by atoms with Crippen molar-refractivity contribution in [3.05, 3.63) is 58.3 Å². The topological polar surface area (TPSA) is 48.4 Å². The molecule has 0 radical (unpaired) electrons. The molecule has 0 amide bonds. The first-order chi connectivity index (χ1) is 9.74. The average Bonchev–Trinajstić information content (AvgIpc) is 2.92. The van der Waals surface area contributed by atoms with Crippen molar-refractivity contribution in [3.63, 3.8) is 0 Å². The van der Waals surface area contributed by atoms with Crippen molar-refractivity contribution in [1.82, 2.24) is 4.98 Å². The summed E-state index contributed by atoms with van der Waals surface area (Å²) in [7, 11) is 0. The summed E-state index contributed by atoms with van der Waals surface area (Å²) in [5.41, 5.74) is 1.26. The number of carbonyl (C=O) groups excluding carboxylic acids is 1. The number of ketones is 1. The van der Waals surface area contributed by atoms with Crippen LogP contribution in [0, 0.1) is 0 Å². The third kappa shape index (κ3) is 2.58. The maximum atomic E-state index is 11.9. The zero-order valence-corrected chi connectivity index (χ0v) is 12.0. The molecule has 2 heterocycles. The smallest absolute Gasteiger partial charge is 0.231 e. The van der Waals surface area contributed by atoms with Crippen LogP contribution in [0.5, 0.6) is 11.5 Å². The van der Waals surface area contributed by atoms with Crippen LogP contribution in [-0.4, -0.2) is 17.6 Å². The summed E-state index contributed by atoms with van der Waals surface area (Å²) in [6.07, 6.45) is 4.81. The molecule has 0 spiro atoms. The van der Waals surface area contributed by atoms with Gasteiger partial charge in [0.05, 0.1) is 0 Å². The number of fused-ring (bicyclic) bond motifs is 1. The fraction of sp³-hybridized carbons (Fsp3) is 0.0667. The van der Waals surface area contributed by atoms with E-state index in [-0.39, 0.29) is 12.6 Å². The van der Waals surface area contributed by atoms with Gasteiger partial charge in [-0.3, -0.25) is 9.78 Å². The van der Waals surface area contributed by atoms with E-state index >= 15 is 0 Å². The Balaban J connectivity index is 1.84. The molecule has 0 atom stereocenters. The van der Waals surface area contributed by atoms with E-state index in [0.717, 1.165) is 10.0 Å². The normalized spacial score (nSPS) is 12.8. The molecule has 5 heteroatoms. The van der Waals surface area contributed by atoms with Crippen LogP contribution in [-0.2, 0) is 0 Å². The van der Waals surface area contributed by atoms with Crippen molar-refractivity contribution in [2.75, 3.05) is 6.79 Å². The fourth-order valence-corrected chi connectivity index (χ4v) is 2.27. The Morgan fingerprint density at radius 2 is 2.05 bits per heavy atom. The predicted molar refractivity (Wildman–Crippen MR) is 77.9 cm³/mol. The Morgan fingerprint density at radius 3 is 2.80 bits per heavy atom. The lowest BCUT2D eigenvalue weighted by Gasteiger charge is -2.01. The van der Waals surface area contributed by atoms with Crippen LogP contribution >= 0.6 is 15.9 Å². The lowest BCUT2D eigenvalue weighted by molar-refractivity contribution is 0.104. The van der Waals surface area contributed by atoms with E-state index in [1.165, 1.54) is 6.08 Å². The summed E-state index contributed by atoms with van der Waals surface area (Å²) in [6, 6.07) is 8.89. The van der Waals surface area contributed by atoms with E-state index in [1.807, 2.05) is 12.1 Å². The number of ether oxygens (including phenoxy) is 2. The number of allylic oxidation sites excluding steroid dienone is 1. The number of aromatic nitrogens is 1. The van der Waals surface area contributed by atoms with Crippen molar-refractivity contribution >= 4 is 27.8 Å². The monoisotopic (exact) mass is 331 g/mol. The van der Waals surface area contributed by atoms with Gasteiger partial charge in [0.1, 0.15) is 5.69 Å². The molecule has 1 aliphatic heterocycles. The number of hydrogen-bond donors (Lipinski definition) is 0. The predicted octanol–water partition coefficient (Wildman–Crippen LogP) is 3.47. The van der Waals surface area contributed by atoms with Crippen molar-refractivity contribution in [2.45, 2.75) is 0 Å². The molecule has 0 saturated heterocycles. The highest BCUT2D eigenvalue weighted by Crippen LogP contribution is 2.37. The highest BCUT2D eigenvalue weighted by atomic mass is 79.9. The minimum atomic E-state index is -0.143. The summed E-state index contributed by atoms with van der Waals surface area (Å²) in [5, 5.41) is 0. The molecular formula is C15H10BrNO3. The molecule has 1 aromatic heterocycles. The lowest BCUT2D eigenvalue weighted by Crippen LogP contribution is -1.96. The summed E-state index contributed by atoms with van der Waals surface area (Å²) in [5.74, 6) is 1.23. The Labute approximate surface area is 124 Å². The molecule has 1 aliphatic rings. The number of rotatable bonds is 3. The first-order valence-corrected chi connectivity index (χ1v) is 6.76.